The molecule has 7 heteroatoms. The number of aliphatic hydroxyl groups excluding tert-OH is 1. The van der Waals surface area contributed by atoms with Gasteiger partial charge in [-0.25, -0.2) is 4.79 Å². The second-order valence-corrected chi connectivity index (χ2v) is 13.4. The number of carbonyl (C=O) groups is 1. The van der Waals surface area contributed by atoms with Crippen LogP contribution in [0.3, 0.4) is 0 Å². The van der Waals surface area contributed by atoms with E-state index in [2.05, 4.69) is 26.8 Å². The summed E-state index contributed by atoms with van der Waals surface area (Å²) < 4.78 is 20.6. The van der Waals surface area contributed by atoms with Crippen molar-refractivity contribution in [2.45, 2.75) is 84.6 Å². The van der Waals surface area contributed by atoms with Crippen LogP contribution in [0, 0.1) is 41.4 Å². The standard InChI is InChI=1S/C30H41NO6/c1-15-9-10-31(8)22(15)26(33)36-24-16(2)13-29-17(3)11-20-21(27(20,4)5)19(23(29)32)12-18-14-35-28(6,7)37-25(18)30(24,29)34/h9-10,12-13,17,19-21,23-25,32,34H,11,14H2,1-8H3/t17-,19+,20-,21+,23?,24+,25-,29+,30-/m1/s1. The number of nitrogens with zero attached hydrogens (tertiary/aromatic N) is 1. The van der Waals surface area contributed by atoms with Crippen molar-refractivity contribution in [2.75, 3.05) is 6.61 Å². The number of aliphatic hydroxyl groups is 2. The molecule has 6 rings (SSSR count). The Bertz CT molecular complexity index is 1210. The Morgan fingerprint density at radius 2 is 1.92 bits per heavy atom. The summed E-state index contributed by atoms with van der Waals surface area (Å²) in [6.45, 7) is 14.4. The number of rotatable bonds is 2. The number of esters is 1. The average molecular weight is 512 g/mol. The van der Waals surface area contributed by atoms with Gasteiger partial charge in [0.25, 0.3) is 0 Å². The molecule has 202 valence electrons. The van der Waals surface area contributed by atoms with Crippen molar-refractivity contribution in [3.8, 4) is 0 Å². The van der Waals surface area contributed by atoms with Crippen LogP contribution < -0.4 is 0 Å². The lowest BCUT2D eigenvalue weighted by Crippen LogP contribution is -2.69. The second-order valence-electron chi connectivity index (χ2n) is 13.4. The van der Waals surface area contributed by atoms with Gasteiger partial charge in [0, 0.05) is 19.2 Å². The summed E-state index contributed by atoms with van der Waals surface area (Å²) in [4.78, 5) is 13.6. The molecule has 2 saturated carbocycles. The lowest BCUT2D eigenvalue weighted by atomic mass is 9.58. The summed E-state index contributed by atoms with van der Waals surface area (Å²) in [6.07, 6.45) is 4.22. The quantitative estimate of drug-likeness (QED) is 0.462. The maximum absolute atomic E-state index is 13.6. The lowest BCUT2D eigenvalue weighted by Gasteiger charge is -2.55. The molecule has 1 aromatic rings. The number of hydrogen-bond acceptors (Lipinski definition) is 6. The highest BCUT2D eigenvalue weighted by Crippen LogP contribution is 2.73. The molecule has 3 fully saturated rings. The van der Waals surface area contributed by atoms with Gasteiger partial charge in [-0.15, -0.1) is 0 Å². The largest absolute Gasteiger partial charge is 0.450 e. The van der Waals surface area contributed by atoms with Gasteiger partial charge in [0.2, 0.25) is 0 Å². The van der Waals surface area contributed by atoms with Gasteiger partial charge in [0.15, 0.2) is 11.9 Å². The number of aryl methyl sites for hydroxylation is 2. The minimum Gasteiger partial charge on any atom is -0.450 e. The summed E-state index contributed by atoms with van der Waals surface area (Å²) in [5, 5.41) is 25.4. The van der Waals surface area contributed by atoms with Crippen molar-refractivity contribution in [3.05, 3.63) is 46.8 Å². The van der Waals surface area contributed by atoms with E-state index in [1.54, 1.807) is 4.57 Å². The topological polar surface area (TPSA) is 90.2 Å². The second kappa shape index (κ2) is 7.59. The molecule has 1 unspecified atom stereocenters. The third kappa shape index (κ3) is 3.11. The number of aromatic nitrogens is 1. The van der Waals surface area contributed by atoms with Crippen LogP contribution in [0.25, 0.3) is 0 Å². The first-order valence-electron chi connectivity index (χ1n) is 13.6. The molecule has 1 saturated heterocycles. The van der Waals surface area contributed by atoms with Gasteiger partial charge in [-0.1, -0.05) is 32.9 Å². The van der Waals surface area contributed by atoms with E-state index in [1.807, 2.05) is 53.1 Å². The van der Waals surface area contributed by atoms with Crippen LogP contribution in [0.4, 0.5) is 0 Å². The number of fused-ring (bicyclic) bond motifs is 5. The van der Waals surface area contributed by atoms with Crippen LogP contribution >= 0.6 is 0 Å². The highest BCUT2D eigenvalue weighted by molar-refractivity contribution is 5.89. The van der Waals surface area contributed by atoms with Crippen LogP contribution in [-0.4, -0.2) is 57.1 Å². The molecule has 1 spiro atoms. The summed E-state index contributed by atoms with van der Waals surface area (Å²) >= 11 is 0. The molecule has 37 heavy (non-hydrogen) atoms. The normalized spacial score (nSPS) is 44.9. The average Bonchev–Trinajstić information content (AvgIpc) is 3.09. The van der Waals surface area contributed by atoms with Crippen molar-refractivity contribution < 1.29 is 29.2 Å². The van der Waals surface area contributed by atoms with E-state index >= 15 is 0 Å². The van der Waals surface area contributed by atoms with Gasteiger partial charge >= 0.3 is 5.97 Å². The summed E-state index contributed by atoms with van der Waals surface area (Å²) in [5.74, 6) is -0.907. The monoisotopic (exact) mass is 511 g/mol. The summed E-state index contributed by atoms with van der Waals surface area (Å²) in [5.41, 5.74) is 0.191. The van der Waals surface area contributed by atoms with E-state index in [1.165, 1.54) is 0 Å². The van der Waals surface area contributed by atoms with E-state index in [9.17, 15) is 15.0 Å². The van der Waals surface area contributed by atoms with Gasteiger partial charge in [-0.2, -0.15) is 0 Å². The Balaban J connectivity index is 1.52. The summed E-state index contributed by atoms with van der Waals surface area (Å²) in [6, 6.07) is 1.87. The molecule has 0 amide bonds. The number of carbonyl (C=O) groups excluding carboxylic acids is 1. The predicted octanol–water partition coefficient (Wildman–Crippen LogP) is 3.92. The SMILES string of the molecule is CC1=C[C@]23C(O)[C@@H](C=C4COC(C)(C)O[C@H]4[C@]2(O)[C@H]1OC(=O)c1c(C)ccn1C)[C@H]1[C@@H](C[C@H]3C)C1(C)C. The Morgan fingerprint density at radius 1 is 1.22 bits per heavy atom. The van der Waals surface area contributed by atoms with Crippen LogP contribution in [0.5, 0.6) is 0 Å². The van der Waals surface area contributed by atoms with Gasteiger partial charge < -0.3 is 29.0 Å². The van der Waals surface area contributed by atoms with Gasteiger partial charge in [0.05, 0.1) is 18.1 Å². The third-order valence-corrected chi connectivity index (χ3v) is 10.6. The molecule has 1 aromatic heterocycles. The number of ether oxygens (including phenoxy) is 3. The minimum atomic E-state index is -1.70. The zero-order valence-electron chi connectivity index (χ0n) is 23.2. The fourth-order valence-corrected chi connectivity index (χ4v) is 8.73. The molecule has 2 bridgehead atoms. The highest BCUT2D eigenvalue weighted by atomic mass is 16.7. The Morgan fingerprint density at radius 3 is 2.57 bits per heavy atom. The molecule has 7 nitrogen and oxygen atoms in total. The van der Waals surface area contributed by atoms with E-state index in [-0.39, 0.29) is 17.3 Å². The van der Waals surface area contributed by atoms with Crippen molar-refractivity contribution in [3.63, 3.8) is 0 Å². The molecular weight excluding hydrogens is 470 g/mol. The lowest BCUT2D eigenvalue weighted by molar-refractivity contribution is -0.312. The van der Waals surface area contributed by atoms with E-state index in [0.29, 0.717) is 24.1 Å². The molecule has 2 heterocycles. The van der Waals surface area contributed by atoms with Gasteiger partial charge in [0.1, 0.15) is 17.4 Å². The molecule has 2 N–H and O–H groups in total. The van der Waals surface area contributed by atoms with Crippen molar-refractivity contribution in [1.29, 1.82) is 0 Å². The fraction of sp³-hybridized carbons (Fsp3) is 0.700. The van der Waals surface area contributed by atoms with Crippen molar-refractivity contribution in [2.24, 2.45) is 41.5 Å². The highest BCUT2D eigenvalue weighted by Gasteiger charge is 2.77. The molecule has 9 atom stereocenters. The smallest absolute Gasteiger partial charge is 0.355 e. The Hall–Kier alpha value is -1.93. The molecule has 5 aliphatic rings. The maximum Gasteiger partial charge on any atom is 0.355 e. The van der Waals surface area contributed by atoms with Crippen molar-refractivity contribution >= 4 is 5.97 Å². The van der Waals surface area contributed by atoms with Crippen LogP contribution in [-0.2, 0) is 21.3 Å². The molecular formula is C30H41NO6. The predicted molar refractivity (Wildman–Crippen MR) is 138 cm³/mol. The van der Waals surface area contributed by atoms with E-state index in [0.717, 1.165) is 23.1 Å². The Labute approximate surface area is 219 Å². The zero-order valence-corrected chi connectivity index (χ0v) is 23.2. The molecule has 4 aliphatic carbocycles. The third-order valence-electron chi connectivity index (χ3n) is 10.6. The Kier molecular flexibility index (Phi) is 5.20. The van der Waals surface area contributed by atoms with Crippen molar-refractivity contribution in [1.82, 2.24) is 4.57 Å². The number of hydrogen-bond donors (Lipinski definition) is 2. The fourth-order valence-electron chi connectivity index (χ4n) is 8.73. The van der Waals surface area contributed by atoms with Crippen LogP contribution in [0.1, 0.15) is 64.0 Å². The van der Waals surface area contributed by atoms with Gasteiger partial charge in [-0.3, -0.25) is 0 Å². The zero-order chi connectivity index (χ0) is 26.9. The van der Waals surface area contributed by atoms with E-state index < -0.39 is 41.1 Å². The summed E-state index contributed by atoms with van der Waals surface area (Å²) in [7, 11) is 1.81. The van der Waals surface area contributed by atoms with Crippen LogP contribution in [0.2, 0.25) is 0 Å². The van der Waals surface area contributed by atoms with Gasteiger partial charge in [-0.05, 0) is 80.1 Å². The first kappa shape index (κ1) is 25.4. The first-order valence-corrected chi connectivity index (χ1v) is 13.6. The maximum atomic E-state index is 13.6. The van der Waals surface area contributed by atoms with Crippen LogP contribution in [0.15, 0.2) is 35.6 Å². The molecule has 0 radical (unpaired) electrons. The molecule has 0 aromatic carbocycles. The van der Waals surface area contributed by atoms with E-state index in [4.69, 9.17) is 14.2 Å². The first-order chi connectivity index (χ1) is 17.2. The minimum absolute atomic E-state index is 0.0653. The molecule has 1 aliphatic heterocycles.